The summed E-state index contributed by atoms with van der Waals surface area (Å²) in [6, 6.07) is 8.23. The predicted molar refractivity (Wildman–Crippen MR) is 61.9 cm³/mol. The molecule has 1 aromatic rings. The summed E-state index contributed by atoms with van der Waals surface area (Å²) in [5.74, 6) is -0.510. The molecule has 0 spiro atoms. The highest BCUT2D eigenvalue weighted by atomic mass is 16.6. The molecule has 92 valence electrons. The fourth-order valence-corrected chi connectivity index (χ4v) is 1.23. The lowest BCUT2D eigenvalue weighted by molar-refractivity contribution is -0.137. The number of carboxylic acid groups (broad SMARTS) is 1. The van der Waals surface area contributed by atoms with Gasteiger partial charge in [0, 0.05) is 13.1 Å². The van der Waals surface area contributed by atoms with E-state index in [1.54, 1.807) is 31.2 Å². The highest BCUT2D eigenvalue weighted by Crippen LogP contribution is 2.11. The van der Waals surface area contributed by atoms with Crippen LogP contribution in [-0.4, -0.2) is 35.2 Å². The van der Waals surface area contributed by atoms with Gasteiger partial charge in [0.05, 0.1) is 6.42 Å². The Morgan fingerprint density at radius 1 is 1.35 bits per heavy atom. The van der Waals surface area contributed by atoms with Crippen LogP contribution >= 0.6 is 0 Å². The fourth-order valence-electron chi connectivity index (χ4n) is 1.23. The molecule has 0 heterocycles. The second-order valence-electron chi connectivity index (χ2n) is 3.74. The van der Waals surface area contributed by atoms with Crippen molar-refractivity contribution in [1.82, 2.24) is 4.90 Å². The number of benzene rings is 1. The molecule has 0 saturated heterocycles. The van der Waals surface area contributed by atoms with E-state index in [-0.39, 0.29) is 6.42 Å². The van der Waals surface area contributed by atoms with Crippen LogP contribution in [0.3, 0.4) is 0 Å². The Morgan fingerprint density at radius 3 is 2.47 bits per heavy atom. The van der Waals surface area contributed by atoms with Crippen molar-refractivity contribution in [2.45, 2.75) is 19.4 Å². The summed E-state index contributed by atoms with van der Waals surface area (Å²) in [7, 11) is 1.51. The zero-order valence-electron chi connectivity index (χ0n) is 9.79. The number of amides is 1. The maximum absolute atomic E-state index is 11.6. The minimum Gasteiger partial charge on any atom is -0.481 e. The summed E-state index contributed by atoms with van der Waals surface area (Å²) in [6.45, 7) is 1.65. The second kappa shape index (κ2) is 5.89. The zero-order valence-corrected chi connectivity index (χ0v) is 9.79. The van der Waals surface area contributed by atoms with Crippen molar-refractivity contribution >= 4 is 12.1 Å². The molecule has 0 fully saturated rings. The standard InChI is InChI=1S/C12H15NO4/c1-9(8-11(14)15)13(2)12(16)17-10-6-4-3-5-7-10/h3-7,9H,8H2,1-2H3,(H,14,15). The molecule has 5 heteroatoms. The average Bonchev–Trinajstić information content (AvgIpc) is 2.28. The Labute approximate surface area is 99.6 Å². The second-order valence-corrected chi connectivity index (χ2v) is 3.74. The number of carbonyl (C=O) groups excluding carboxylic acids is 1. The summed E-state index contributed by atoms with van der Waals surface area (Å²) in [4.78, 5) is 23.4. The first-order valence-electron chi connectivity index (χ1n) is 5.22. The summed E-state index contributed by atoms with van der Waals surface area (Å²) in [6.07, 6.45) is -0.676. The molecule has 1 atom stereocenters. The lowest BCUT2D eigenvalue weighted by Crippen LogP contribution is -2.38. The molecule has 0 aliphatic carbocycles. The normalized spacial score (nSPS) is 11.6. The van der Waals surface area contributed by atoms with Gasteiger partial charge in [0.2, 0.25) is 0 Å². The molecular formula is C12H15NO4. The lowest BCUT2D eigenvalue weighted by atomic mass is 10.2. The van der Waals surface area contributed by atoms with Crippen LogP contribution in [0.5, 0.6) is 5.75 Å². The van der Waals surface area contributed by atoms with Crippen LogP contribution in [0.1, 0.15) is 13.3 Å². The van der Waals surface area contributed by atoms with Crippen LogP contribution in [0, 0.1) is 0 Å². The highest BCUT2D eigenvalue weighted by molar-refractivity contribution is 5.72. The van der Waals surface area contributed by atoms with Gasteiger partial charge in [-0.1, -0.05) is 18.2 Å². The molecule has 1 N–H and O–H groups in total. The minimum atomic E-state index is -0.947. The molecule has 5 nitrogen and oxygen atoms in total. The van der Waals surface area contributed by atoms with Crippen LogP contribution in [0.15, 0.2) is 30.3 Å². The van der Waals surface area contributed by atoms with Crippen LogP contribution in [0.25, 0.3) is 0 Å². The molecule has 0 aliphatic rings. The average molecular weight is 237 g/mol. The molecule has 1 unspecified atom stereocenters. The quantitative estimate of drug-likeness (QED) is 0.869. The van der Waals surface area contributed by atoms with Crippen LogP contribution in [0.4, 0.5) is 4.79 Å². The lowest BCUT2D eigenvalue weighted by Gasteiger charge is -2.22. The Kier molecular flexibility index (Phi) is 4.51. The molecule has 0 bridgehead atoms. The number of para-hydroxylation sites is 1. The Hall–Kier alpha value is -2.04. The van der Waals surface area contributed by atoms with Crippen molar-refractivity contribution in [2.75, 3.05) is 7.05 Å². The number of hydrogen-bond acceptors (Lipinski definition) is 3. The van der Waals surface area contributed by atoms with E-state index >= 15 is 0 Å². The summed E-state index contributed by atoms with van der Waals surface area (Å²) >= 11 is 0. The highest BCUT2D eigenvalue weighted by Gasteiger charge is 2.19. The Balaban J connectivity index is 2.55. The maximum Gasteiger partial charge on any atom is 0.415 e. The predicted octanol–water partition coefficient (Wildman–Crippen LogP) is 1.98. The van der Waals surface area contributed by atoms with Crippen molar-refractivity contribution in [2.24, 2.45) is 0 Å². The van der Waals surface area contributed by atoms with Gasteiger partial charge in [-0.05, 0) is 19.1 Å². The molecule has 1 rings (SSSR count). The summed E-state index contributed by atoms with van der Waals surface area (Å²) in [5, 5.41) is 8.63. The van der Waals surface area contributed by atoms with Crippen LogP contribution < -0.4 is 4.74 Å². The first-order valence-corrected chi connectivity index (χ1v) is 5.22. The van der Waals surface area contributed by atoms with Crippen molar-refractivity contribution in [3.8, 4) is 5.75 Å². The van der Waals surface area contributed by atoms with Gasteiger partial charge in [0.15, 0.2) is 0 Å². The van der Waals surface area contributed by atoms with E-state index < -0.39 is 18.1 Å². The van der Waals surface area contributed by atoms with Gasteiger partial charge in [-0.2, -0.15) is 0 Å². The first-order chi connectivity index (χ1) is 8.00. The molecule has 1 aromatic carbocycles. The van der Waals surface area contributed by atoms with Gasteiger partial charge in [-0.3, -0.25) is 4.79 Å². The van der Waals surface area contributed by atoms with E-state index in [0.717, 1.165) is 0 Å². The molecule has 0 aromatic heterocycles. The summed E-state index contributed by atoms with van der Waals surface area (Å²) < 4.78 is 5.07. The number of nitrogens with zero attached hydrogens (tertiary/aromatic N) is 1. The number of carbonyl (C=O) groups is 2. The molecule has 17 heavy (non-hydrogen) atoms. The number of carboxylic acids is 1. The van der Waals surface area contributed by atoms with Gasteiger partial charge >= 0.3 is 12.1 Å². The van der Waals surface area contributed by atoms with Gasteiger partial charge < -0.3 is 14.7 Å². The van der Waals surface area contributed by atoms with Crippen molar-refractivity contribution in [1.29, 1.82) is 0 Å². The van der Waals surface area contributed by atoms with Crippen molar-refractivity contribution in [3.05, 3.63) is 30.3 Å². The number of aliphatic carboxylic acids is 1. The third kappa shape index (κ3) is 4.14. The molecule has 1 amide bonds. The van der Waals surface area contributed by atoms with Gasteiger partial charge in [0.1, 0.15) is 5.75 Å². The number of ether oxygens (including phenoxy) is 1. The summed E-state index contributed by atoms with van der Waals surface area (Å²) in [5.41, 5.74) is 0. The topological polar surface area (TPSA) is 66.8 Å². The van der Waals surface area contributed by atoms with Crippen LogP contribution in [0.2, 0.25) is 0 Å². The van der Waals surface area contributed by atoms with E-state index in [2.05, 4.69) is 0 Å². The van der Waals surface area contributed by atoms with Gasteiger partial charge in [-0.25, -0.2) is 4.79 Å². The monoisotopic (exact) mass is 237 g/mol. The van der Waals surface area contributed by atoms with E-state index in [1.165, 1.54) is 11.9 Å². The fraction of sp³-hybridized carbons (Fsp3) is 0.333. The number of rotatable bonds is 4. The van der Waals surface area contributed by atoms with E-state index in [0.29, 0.717) is 5.75 Å². The van der Waals surface area contributed by atoms with Crippen LogP contribution in [-0.2, 0) is 4.79 Å². The Bertz CT molecular complexity index is 391. The van der Waals surface area contributed by atoms with E-state index in [4.69, 9.17) is 9.84 Å². The SMILES string of the molecule is CC(CC(=O)O)N(C)C(=O)Oc1ccccc1. The Morgan fingerprint density at radius 2 is 1.94 bits per heavy atom. The molecular weight excluding hydrogens is 222 g/mol. The third-order valence-electron chi connectivity index (χ3n) is 2.37. The first kappa shape index (κ1) is 13.0. The molecule has 0 aliphatic heterocycles. The van der Waals surface area contributed by atoms with Gasteiger partial charge in [0.25, 0.3) is 0 Å². The third-order valence-corrected chi connectivity index (χ3v) is 2.37. The maximum atomic E-state index is 11.6. The van der Waals surface area contributed by atoms with Gasteiger partial charge in [-0.15, -0.1) is 0 Å². The number of hydrogen-bond donors (Lipinski definition) is 1. The smallest absolute Gasteiger partial charge is 0.415 e. The minimum absolute atomic E-state index is 0.111. The zero-order chi connectivity index (χ0) is 12.8. The molecule has 0 saturated carbocycles. The van der Waals surface area contributed by atoms with E-state index in [1.807, 2.05) is 6.07 Å². The van der Waals surface area contributed by atoms with Crippen molar-refractivity contribution in [3.63, 3.8) is 0 Å². The molecule has 0 radical (unpaired) electrons. The largest absolute Gasteiger partial charge is 0.481 e. The van der Waals surface area contributed by atoms with E-state index in [9.17, 15) is 9.59 Å². The van der Waals surface area contributed by atoms with Crippen molar-refractivity contribution < 1.29 is 19.4 Å².